The van der Waals surface area contributed by atoms with E-state index in [2.05, 4.69) is 20.3 Å². The fraction of sp³-hybridized carbons (Fsp3) is 0.579. The van der Waals surface area contributed by atoms with Crippen LogP contribution in [0.3, 0.4) is 0 Å². The van der Waals surface area contributed by atoms with Crippen molar-refractivity contribution in [1.82, 2.24) is 20.4 Å². The number of piperazine rings is 1. The molecule has 0 unspecified atom stereocenters. The van der Waals surface area contributed by atoms with Gasteiger partial charge >= 0.3 is 6.36 Å². The molecule has 2 aliphatic rings. The summed E-state index contributed by atoms with van der Waals surface area (Å²) < 4.78 is 41.4. The van der Waals surface area contributed by atoms with Crippen molar-refractivity contribution in [2.75, 3.05) is 39.3 Å². The molecule has 2 N–H and O–H groups in total. The average Bonchev–Trinajstić information content (AvgIpc) is 3.45. The Morgan fingerprint density at radius 1 is 1.00 bits per heavy atom. The number of nitrogens with one attached hydrogen (secondary N) is 2. The predicted octanol–water partition coefficient (Wildman–Crippen LogP) is 1.10. The summed E-state index contributed by atoms with van der Waals surface area (Å²) in [5.41, 5.74) is 0.254. The minimum absolute atomic E-state index is 0.0402. The number of hydrogen-bond acceptors (Lipinski definition) is 5. The fourth-order valence-electron chi connectivity index (χ4n) is 3.14. The Balaban J connectivity index is 1.38. The van der Waals surface area contributed by atoms with Gasteiger partial charge in [0.2, 0.25) is 11.8 Å². The molecule has 3 rings (SSSR count). The molecule has 1 aliphatic carbocycles. The number of hydrogen-bond donors (Lipinski definition) is 2. The number of alkyl halides is 3. The van der Waals surface area contributed by atoms with Gasteiger partial charge in [-0.3, -0.25) is 19.4 Å². The molecule has 160 valence electrons. The average molecular weight is 414 g/mol. The van der Waals surface area contributed by atoms with Gasteiger partial charge in [0, 0.05) is 44.3 Å². The predicted molar refractivity (Wildman–Crippen MR) is 99.0 cm³/mol. The molecule has 1 aliphatic heterocycles. The van der Waals surface area contributed by atoms with Crippen LogP contribution < -0.4 is 15.4 Å². The van der Waals surface area contributed by atoms with E-state index in [0.29, 0.717) is 38.8 Å². The molecule has 0 aromatic heterocycles. The summed E-state index contributed by atoms with van der Waals surface area (Å²) in [7, 11) is 0. The Kier molecular flexibility index (Phi) is 6.96. The van der Waals surface area contributed by atoms with Crippen LogP contribution in [0.5, 0.6) is 5.75 Å². The maximum absolute atomic E-state index is 12.5. The summed E-state index contributed by atoms with van der Waals surface area (Å²) in [6, 6.07) is 6.07. The first-order valence-corrected chi connectivity index (χ1v) is 9.63. The summed E-state index contributed by atoms with van der Waals surface area (Å²) >= 11 is 0. The van der Waals surface area contributed by atoms with E-state index >= 15 is 0 Å². The van der Waals surface area contributed by atoms with E-state index in [9.17, 15) is 22.8 Å². The van der Waals surface area contributed by atoms with Crippen molar-refractivity contribution >= 4 is 11.8 Å². The molecule has 10 heteroatoms. The monoisotopic (exact) mass is 414 g/mol. The molecule has 0 radical (unpaired) electrons. The van der Waals surface area contributed by atoms with Crippen molar-refractivity contribution in [3.05, 3.63) is 29.8 Å². The second-order valence-electron chi connectivity index (χ2n) is 7.33. The van der Waals surface area contributed by atoms with E-state index in [1.165, 1.54) is 18.2 Å². The standard InChI is InChI=1S/C19H25F3N4O3/c20-19(21,22)29-16-4-2-1-3-14(16)11-23-17(27)12-25-7-9-26(10-8-25)13-18(28)24-15-5-6-15/h1-4,15H,5-13H2,(H,23,27)(H,24,28). The number of benzene rings is 1. The lowest BCUT2D eigenvalue weighted by Crippen LogP contribution is -2.51. The number of carbonyl (C=O) groups excluding carboxylic acids is 2. The molecule has 0 spiro atoms. The maximum Gasteiger partial charge on any atom is 0.573 e. The number of halogens is 3. The number of rotatable bonds is 8. The number of para-hydroxylation sites is 1. The third-order valence-corrected chi connectivity index (χ3v) is 4.82. The Bertz CT molecular complexity index is 717. The summed E-state index contributed by atoms with van der Waals surface area (Å²) in [5, 5.41) is 5.60. The molecule has 1 saturated carbocycles. The maximum atomic E-state index is 12.5. The minimum Gasteiger partial charge on any atom is -0.405 e. The smallest absolute Gasteiger partial charge is 0.405 e. The summed E-state index contributed by atoms with van der Waals surface area (Å²) in [4.78, 5) is 28.0. The van der Waals surface area contributed by atoms with Gasteiger partial charge in [-0.05, 0) is 18.9 Å². The number of amides is 2. The molecular formula is C19H25F3N4O3. The van der Waals surface area contributed by atoms with Crippen LogP contribution in [0, 0.1) is 0 Å². The lowest BCUT2D eigenvalue weighted by Gasteiger charge is -2.33. The molecular weight excluding hydrogens is 389 g/mol. The second kappa shape index (κ2) is 9.45. The van der Waals surface area contributed by atoms with Gasteiger partial charge in [0.15, 0.2) is 0 Å². The molecule has 1 aromatic rings. The van der Waals surface area contributed by atoms with Crippen LogP contribution in [0.1, 0.15) is 18.4 Å². The quantitative estimate of drug-likeness (QED) is 0.667. The molecule has 1 saturated heterocycles. The van der Waals surface area contributed by atoms with Crippen molar-refractivity contribution in [2.45, 2.75) is 31.8 Å². The highest BCUT2D eigenvalue weighted by atomic mass is 19.4. The minimum atomic E-state index is -4.78. The van der Waals surface area contributed by atoms with Gasteiger partial charge in [0.05, 0.1) is 13.1 Å². The van der Waals surface area contributed by atoms with E-state index in [4.69, 9.17) is 0 Å². The molecule has 29 heavy (non-hydrogen) atoms. The van der Waals surface area contributed by atoms with Gasteiger partial charge in [-0.15, -0.1) is 13.2 Å². The van der Waals surface area contributed by atoms with Crippen molar-refractivity contribution in [3.8, 4) is 5.75 Å². The van der Waals surface area contributed by atoms with Crippen molar-refractivity contribution < 1.29 is 27.5 Å². The zero-order valence-electron chi connectivity index (χ0n) is 16.0. The third kappa shape index (κ3) is 7.54. The highest BCUT2D eigenvalue weighted by Gasteiger charge is 2.32. The van der Waals surface area contributed by atoms with Gasteiger partial charge < -0.3 is 15.4 Å². The summed E-state index contributed by atoms with van der Waals surface area (Å²) in [6.07, 6.45) is -2.67. The highest BCUT2D eigenvalue weighted by molar-refractivity contribution is 5.79. The third-order valence-electron chi connectivity index (χ3n) is 4.82. The molecule has 2 amide bonds. The van der Waals surface area contributed by atoms with Crippen LogP contribution in [-0.2, 0) is 16.1 Å². The van der Waals surface area contributed by atoms with E-state index in [0.717, 1.165) is 12.8 Å². The molecule has 1 heterocycles. The van der Waals surface area contributed by atoms with Crippen molar-refractivity contribution in [1.29, 1.82) is 0 Å². The SMILES string of the molecule is O=C(CN1CCN(CC(=O)NC2CC2)CC1)NCc1ccccc1OC(F)(F)F. The highest BCUT2D eigenvalue weighted by Crippen LogP contribution is 2.26. The van der Waals surface area contributed by atoms with Gasteiger partial charge in [0.25, 0.3) is 0 Å². The fourth-order valence-corrected chi connectivity index (χ4v) is 3.14. The zero-order chi connectivity index (χ0) is 20.9. The van der Waals surface area contributed by atoms with Crippen molar-refractivity contribution in [3.63, 3.8) is 0 Å². The van der Waals surface area contributed by atoms with Gasteiger partial charge in [0.1, 0.15) is 5.75 Å². The zero-order valence-corrected chi connectivity index (χ0v) is 16.0. The number of nitrogens with zero attached hydrogens (tertiary/aromatic N) is 2. The summed E-state index contributed by atoms with van der Waals surface area (Å²) in [5.74, 6) is -0.552. The van der Waals surface area contributed by atoms with Crippen LogP contribution in [-0.4, -0.2) is 73.3 Å². The lowest BCUT2D eigenvalue weighted by atomic mass is 10.2. The van der Waals surface area contributed by atoms with Crippen LogP contribution in [0.2, 0.25) is 0 Å². The number of ether oxygens (including phenoxy) is 1. The van der Waals surface area contributed by atoms with Gasteiger partial charge in [-0.2, -0.15) is 0 Å². The molecule has 7 nitrogen and oxygen atoms in total. The Labute approximate surface area is 167 Å². The normalized spacial score (nSPS) is 18.3. The summed E-state index contributed by atoms with van der Waals surface area (Å²) in [6.45, 7) is 3.15. The lowest BCUT2D eigenvalue weighted by molar-refractivity contribution is -0.274. The molecule has 1 aromatic carbocycles. The first-order valence-electron chi connectivity index (χ1n) is 9.63. The van der Waals surface area contributed by atoms with E-state index in [1.807, 2.05) is 4.90 Å². The van der Waals surface area contributed by atoms with E-state index in [-0.39, 0.29) is 36.2 Å². The number of carbonyl (C=O) groups is 2. The first-order chi connectivity index (χ1) is 13.8. The molecule has 2 fully saturated rings. The molecule has 0 bridgehead atoms. The Morgan fingerprint density at radius 2 is 1.59 bits per heavy atom. The Hall–Kier alpha value is -2.33. The van der Waals surface area contributed by atoms with Crippen LogP contribution in [0.4, 0.5) is 13.2 Å². The second-order valence-corrected chi connectivity index (χ2v) is 7.33. The van der Waals surface area contributed by atoms with Crippen molar-refractivity contribution in [2.24, 2.45) is 0 Å². The largest absolute Gasteiger partial charge is 0.573 e. The van der Waals surface area contributed by atoms with Gasteiger partial charge in [-0.1, -0.05) is 18.2 Å². The van der Waals surface area contributed by atoms with Crippen LogP contribution in [0.25, 0.3) is 0 Å². The van der Waals surface area contributed by atoms with Crippen LogP contribution >= 0.6 is 0 Å². The topological polar surface area (TPSA) is 73.9 Å². The van der Waals surface area contributed by atoms with Crippen LogP contribution in [0.15, 0.2) is 24.3 Å². The molecule has 0 atom stereocenters. The first kappa shape index (κ1) is 21.4. The Morgan fingerprint density at radius 3 is 2.17 bits per heavy atom. The van der Waals surface area contributed by atoms with E-state index < -0.39 is 6.36 Å². The van der Waals surface area contributed by atoms with E-state index in [1.54, 1.807) is 6.07 Å². The van der Waals surface area contributed by atoms with Gasteiger partial charge in [-0.25, -0.2) is 0 Å².